The monoisotopic (exact) mass is 279 g/mol. The van der Waals surface area contributed by atoms with E-state index in [2.05, 4.69) is 4.98 Å². The average molecular weight is 279 g/mol. The summed E-state index contributed by atoms with van der Waals surface area (Å²) in [5.41, 5.74) is 1.92. The highest BCUT2D eigenvalue weighted by atomic mass is 16.6. The van der Waals surface area contributed by atoms with Crippen LogP contribution in [0.4, 0.5) is 17.1 Å². The molecule has 3 aromatic rings. The number of non-ortho nitro benzene ring substituents is 1. The van der Waals surface area contributed by atoms with Crippen molar-refractivity contribution >= 4 is 27.8 Å². The van der Waals surface area contributed by atoms with Crippen LogP contribution in [0.2, 0.25) is 0 Å². The maximum absolute atomic E-state index is 10.7. The SMILES string of the molecule is CN(c1ccc([N+](=O)[O-])cc1)c1cncc2ccccc12. The van der Waals surface area contributed by atoms with Gasteiger partial charge >= 0.3 is 0 Å². The van der Waals surface area contributed by atoms with Gasteiger partial charge in [-0.15, -0.1) is 0 Å². The molecule has 5 nitrogen and oxygen atoms in total. The minimum atomic E-state index is -0.400. The number of nitrogens with zero attached hydrogens (tertiary/aromatic N) is 3. The largest absolute Gasteiger partial charge is 0.343 e. The van der Waals surface area contributed by atoms with E-state index in [9.17, 15) is 10.1 Å². The summed E-state index contributed by atoms with van der Waals surface area (Å²) < 4.78 is 0. The Hall–Kier alpha value is -2.95. The van der Waals surface area contributed by atoms with E-state index < -0.39 is 4.92 Å². The first-order valence-corrected chi connectivity index (χ1v) is 6.48. The molecule has 3 rings (SSSR count). The van der Waals surface area contributed by atoms with Crippen LogP contribution < -0.4 is 4.90 Å². The van der Waals surface area contributed by atoms with Crippen LogP contribution in [0.5, 0.6) is 0 Å². The van der Waals surface area contributed by atoms with Crippen LogP contribution in [0.15, 0.2) is 60.9 Å². The molecule has 0 bridgehead atoms. The molecule has 1 heterocycles. The number of fused-ring (bicyclic) bond motifs is 1. The summed E-state index contributed by atoms with van der Waals surface area (Å²) in [7, 11) is 1.92. The highest BCUT2D eigenvalue weighted by Crippen LogP contribution is 2.30. The number of nitro groups is 1. The highest BCUT2D eigenvalue weighted by Gasteiger charge is 2.10. The molecule has 2 aromatic carbocycles. The second-order valence-corrected chi connectivity index (χ2v) is 4.71. The van der Waals surface area contributed by atoms with Gasteiger partial charge in [0.15, 0.2) is 0 Å². The molecule has 0 atom stereocenters. The molecule has 0 aliphatic rings. The molecule has 0 N–H and O–H groups in total. The van der Waals surface area contributed by atoms with Gasteiger partial charge in [-0.3, -0.25) is 15.1 Å². The van der Waals surface area contributed by atoms with Crippen molar-refractivity contribution in [3.8, 4) is 0 Å². The van der Waals surface area contributed by atoms with E-state index in [1.165, 1.54) is 12.1 Å². The zero-order valence-electron chi connectivity index (χ0n) is 11.4. The summed E-state index contributed by atoms with van der Waals surface area (Å²) in [6.45, 7) is 0. The standard InChI is InChI=1S/C16H13N3O2/c1-18(13-6-8-14(9-7-13)19(20)21)16-11-17-10-12-4-2-3-5-15(12)16/h2-11H,1H3. The molecule has 104 valence electrons. The lowest BCUT2D eigenvalue weighted by Crippen LogP contribution is -2.10. The normalized spacial score (nSPS) is 10.5. The lowest BCUT2D eigenvalue weighted by atomic mass is 10.1. The maximum Gasteiger partial charge on any atom is 0.269 e. The summed E-state index contributed by atoms with van der Waals surface area (Å²) in [5.74, 6) is 0. The number of benzene rings is 2. The number of aromatic nitrogens is 1. The van der Waals surface area contributed by atoms with Crippen molar-refractivity contribution in [1.29, 1.82) is 0 Å². The lowest BCUT2D eigenvalue weighted by molar-refractivity contribution is -0.384. The van der Waals surface area contributed by atoms with Gasteiger partial charge in [0, 0.05) is 41.8 Å². The fourth-order valence-corrected chi connectivity index (χ4v) is 2.30. The first-order chi connectivity index (χ1) is 10.2. The topological polar surface area (TPSA) is 59.3 Å². The van der Waals surface area contributed by atoms with Gasteiger partial charge in [-0.25, -0.2) is 0 Å². The van der Waals surface area contributed by atoms with E-state index in [-0.39, 0.29) is 5.69 Å². The Morgan fingerprint density at radius 3 is 2.48 bits per heavy atom. The van der Waals surface area contributed by atoms with Crippen LogP contribution >= 0.6 is 0 Å². The van der Waals surface area contributed by atoms with E-state index in [0.29, 0.717) is 0 Å². The van der Waals surface area contributed by atoms with Crippen molar-refractivity contribution < 1.29 is 4.92 Å². The molecular weight excluding hydrogens is 266 g/mol. The second kappa shape index (κ2) is 5.20. The highest BCUT2D eigenvalue weighted by molar-refractivity contribution is 5.94. The first-order valence-electron chi connectivity index (χ1n) is 6.48. The van der Waals surface area contributed by atoms with Crippen molar-refractivity contribution in [2.24, 2.45) is 0 Å². The van der Waals surface area contributed by atoms with E-state index in [1.807, 2.05) is 42.4 Å². The van der Waals surface area contributed by atoms with E-state index in [1.54, 1.807) is 18.3 Å². The minimum Gasteiger partial charge on any atom is -0.343 e. The number of rotatable bonds is 3. The summed E-state index contributed by atoms with van der Waals surface area (Å²) in [6.07, 6.45) is 3.62. The Kier molecular flexibility index (Phi) is 3.23. The van der Waals surface area contributed by atoms with Crippen LogP contribution in [0.25, 0.3) is 10.8 Å². The molecular formula is C16H13N3O2. The Bertz CT molecular complexity index is 795. The minimum absolute atomic E-state index is 0.0863. The van der Waals surface area contributed by atoms with Crippen LogP contribution in [0, 0.1) is 10.1 Å². The molecule has 0 unspecified atom stereocenters. The predicted octanol–water partition coefficient (Wildman–Crippen LogP) is 3.91. The second-order valence-electron chi connectivity index (χ2n) is 4.71. The van der Waals surface area contributed by atoms with Gasteiger partial charge in [0.05, 0.1) is 16.8 Å². The number of hydrogen-bond acceptors (Lipinski definition) is 4. The third kappa shape index (κ3) is 2.41. The summed E-state index contributed by atoms with van der Waals surface area (Å²) >= 11 is 0. The van der Waals surface area contributed by atoms with Crippen molar-refractivity contribution in [1.82, 2.24) is 4.98 Å². The molecule has 0 spiro atoms. The van der Waals surface area contributed by atoms with Crippen LogP contribution in [-0.4, -0.2) is 17.0 Å². The van der Waals surface area contributed by atoms with Gasteiger partial charge < -0.3 is 4.90 Å². The smallest absolute Gasteiger partial charge is 0.269 e. The molecule has 0 aliphatic heterocycles. The zero-order chi connectivity index (χ0) is 14.8. The Morgan fingerprint density at radius 2 is 1.76 bits per heavy atom. The van der Waals surface area contributed by atoms with Crippen molar-refractivity contribution in [2.75, 3.05) is 11.9 Å². The van der Waals surface area contributed by atoms with E-state index in [4.69, 9.17) is 0 Å². The number of nitro benzene ring substituents is 1. The molecule has 0 saturated carbocycles. The maximum atomic E-state index is 10.7. The third-order valence-electron chi connectivity index (χ3n) is 3.46. The fourth-order valence-electron chi connectivity index (χ4n) is 2.30. The molecule has 21 heavy (non-hydrogen) atoms. The van der Waals surface area contributed by atoms with Crippen molar-refractivity contribution in [3.63, 3.8) is 0 Å². The van der Waals surface area contributed by atoms with Gasteiger partial charge in [0.25, 0.3) is 5.69 Å². The first kappa shape index (κ1) is 13.1. The Balaban J connectivity index is 2.04. The molecule has 0 radical (unpaired) electrons. The zero-order valence-corrected chi connectivity index (χ0v) is 11.4. The van der Waals surface area contributed by atoms with Gasteiger partial charge in [0.2, 0.25) is 0 Å². The average Bonchev–Trinajstić information content (AvgIpc) is 2.53. The lowest BCUT2D eigenvalue weighted by Gasteiger charge is -2.20. The van der Waals surface area contributed by atoms with E-state index in [0.717, 1.165) is 22.1 Å². The van der Waals surface area contributed by atoms with Crippen LogP contribution in [0.1, 0.15) is 0 Å². The van der Waals surface area contributed by atoms with Crippen molar-refractivity contribution in [3.05, 3.63) is 71.0 Å². The molecule has 1 aromatic heterocycles. The molecule has 0 fully saturated rings. The van der Waals surface area contributed by atoms with Gasteiger partial charge in [-0.05, 0) is 12.1 Å². The molecule has 0 saturated heterocycles. The number of anilines is 2. The van der Waals surface area contributed by atoms with Crippen molar-refractivity contribution in [2.45, 2.75) is 0 Å². The summed E-state index contributed by atoms with van der Waals surface area (Å²) in [5, 5.41) is 12.9. The Labute approximate surface area is 121 Å². The Morgan fingerprint density at radius 1 is 1.05 bits per heavy atom. The fraction of sp³-hybridized carbons (Fsp3) is 0.0625. The van der Waals surface area contributed by atoms with Gasteiger partial charge in [-0.2, -0.15) is 0 Å². The summed E-state index contributed by atoms with van der Waals surface area (Å²) in [6, 6.07) is 14.5. The molecule has 0 aliphatic carbocycles. The quantitative estimate of drug-likeness (QED) is 0.538. The van der Waals surface area contributed by atoms with Crippen LogP contribution in [-0.2, 0) is 0 Å². The molecule has 0 amide bonds. The van der Waals surface area contributed by atoms with Gasteiger partial charge in [0.1, 0.15) is 0 Å². The summed E-state index contributed by atoms with van der Waals surface area (Å²) in [4.78, 5) is 16.5. The van der Waals surface area contributed by atoms with Crippen LogP contribution in [0.3, 0.4) is 0 Å². The predicted molar refractivity (Wildman–Crippen MR) is 82.9 cm³/mol. The molecule has 5 heteroatoms. The number of pyridine rings is 1. The third-order valence-corrected chi connectivity index (χ3v) is 3.46. The van der Waals surface area contributed by atoms with Gasteiger partial charge in [-0.1, -0.05) is 24.3 Å². The van der Waals surface area contributed by atoms with E-state index >= 15 is 0 Å². The number of hydrogen-bond donors (Lipinski definition) is 0.